The topological polar surface area (TPSA) is 55.4 Å². The van der Waals surface area contributed by atoms with Gasteiger partial charge in [-0.2, -0.15) is 0 Å². The summed E-state index contributed by atoms with van der Waals surface area (Å²) in [6.45, 7) is 1.58. The van der Waals surface area contributed by atoms with Crippen molar-refractivity contribution in [2.75, 3.05) is 0 Å². The zero-order valence-electron chi connectivity index (χ0n) is 9.98. The van der Waals surface area contributed by atoms with E-state index in [-0.39, 0.29) is 11.9 Å². The van der Waals surface area contributed by atoms with Gasteiger partial charge in [0.05, 0.1) is 5.56 Å². The highest BCUT2D eigenvalue weighted by Crippen LogP contribution is 2.19. The zero-order valence-corrected chi connectivity index (χ0v) is 11.6. The zero-order chi connectivity index (χ0) is 13.1. The number of carbonyl (C=O) groups is 2. The van der Waals surface area contributed by atoms with Crippen LogP contribution in [0.1, 0.15) is 30.1 Å². The fourth-order valence-corrected chi connectivity index (χ4v) is 1.84. The molecular weight excluding hydrogens is 298 g/mol. The summed E-state index contributed by atoms with van der Waals surface area (Å²) in [5, 5.41) is 2.80. The van der Waals surface area contributed by atoms with E-state index in [0.717, 1.165) is 17.3 Å². The Hall–Kier alpha value is -1.36. The van der Waals surface area contributed by atoms with Gasteiger partial charge in [-0.3, -0.25) is 4.79 Å². The number of carbonyl (C=O) groups excluding carboxylic acids is 2. The van der Waals surface area contributed by atoms with E-state index in [1.54, 1.807) is 25.1 Å². The Bertz CT molecular complexity index is 471. The normalized spacial score (nSPS) is 15.9. The van der Waals surface area contributed by atoms with Crippen LogP contribution in [-0.2, 0) is 9.53 Å². The fraction of sp³-hybridized carbons (Fsp3) is 0.385. The predicted octanol–water partition coefficient (Wildman–Crippen LogP) is 2.27. The maximum atomic E-state index is 11.8. The molecule has 0 unspecified atom stereocenters. The van der Waals surface area contributed by atoms with Crippen LogP contribution >= 0.6 is 15.9 Å². The molecule has 1 aliphatic rings. The van der Waals surface area contributed by atoms with Crippen molar-refractivity contribution < 1.29 is 14.3 Å². The van der Waals surface area contributed by atoms with Crippen molar-refractivity contribution >= 4 is 27.8 Å². The van der Waals surface area contributed by atoms with Crippen molar-refractivity contribution in [2.24, 2.45) is 0 Å². The van der Waals surface area contributed by atoms with Crippen LogP contribution < -0.4 is 5.32 Å². The van der Waals surface area contributed by atoms with E-state index in [4.69, 9.17) is 4.74 Å². The average molecular weight is 312 g/mol. The van der Waals surface area contributed by atoms with Crippen LogP contribution in [0.3, 0.4) is 0 Å². The number of ether oxygens (including phenoxy) is 1. The molecule has 2 rings (SSSR count). The Morgan fingerprint density at radius 1 is 1.44 bits per heavy atom. The Morgan fingerprint density at radius 2 is 2.17 bits per heavy atom. The van der Waals surface area contributed by atoms with Gasteiger partial charge in [0, 0.05) is 10.5 Å². The monoisotopic (exact) mass is 311 g/mol. The first-order chi connectivity index (χ1) is 8.56. The lowest BCUT2D eigenvalue weighted by molar-refractivity contribution is -0.129. The number of rotatable bonds is 4. The Morgan fingerprint density at radius 3 is 2.78 bits per heavy atom. The summed E-state index contributed by atoms with van der Waals surface area (Å²) in [6.07, 6.45) is 1.26. The molecule has 1 saturated carbocycles. The molecule has 1 aliphatic carbocycles. The number of nitrogens with one attached hydrogen (secondary N) is 1. The van der Waals surface area contributed by atoms with Crippen molar-refractivity contribution in [3.05, 3.63) is 34.3 Å². The van der Waals surface area contributed by atoms with Crippen LogP contribution in [0.15, 0.2) is 28.7 Å². The molecule has 5 heteroatoms. The van der Waals surface area contributed by atoms with E-state index in [1.165, 1.54) is 0 Å². The second kappa shape index (κ2) is 5.52. The highest BCUT2D eigenvalue weighted by molar-refractivity contribution is 9.10. The van der Waals surface area contributed by atoms with Gasteiger partial charge in [-0.05, 0) is 38.0 Å². The molecule has 0 bridgehead atoms. The standard InChI is InChI=1S/C13H14BrNO3/c1-8(12(16)15-11-5-6-11)18-13(17)9-3-2-4-10(14)7-9/h2-4,7-8,11H,5-6H2,1H3,(H,15,16)/t8-/m1/s1. The average Bonchev–Trinajstić information content (AvgIpc) is 3.12. The molecule has 1 aromatic carbocycles. The van der Waals surface area contributed by atoms with E-state index in [0.29, 0.717) is 5.56 Å². The Kier molecular flexibility index (Phi) is 4.01. The first kappa shape index (κ1) is 13.1. The number of halogens is 1. The van der Waals surface area contributed by atoms with Crippen molar-refractivity contribution in [3.63, 3.8) is 0 Å². The number of amides is 1. The van der Waals surface area contributed by atoms with Crippen LogP contribution in [0.4, 0.5) is 0 Å². The van der Waals surface area contributed by atoms with Crippen molar-refractivity contribution in [2.45, 2.75) is 31.9 Å². The van der Waals surface area contributed by atoms with Gasteiger partial charge >= 0.3 is 5.97 Å². The van der Waals surface area contributed by atoms with Crippen LogP contribution in [-0.4, -0.2) is 24.0 Å². The molecule has 0 spiro atoms. The van der Waals surface area contributed by atoms with Crippen molar-refractivity contribution in [3.8, 4) is 0 Å². The van der Waals surface area contributed by atoms with E-state index in [1.807, 2.05) is 6.07 Å². The highest BCUT2D eigenvalue weighted by atomic mass is 79.9. The summed E-state index contributed by atoms with van der Waals surface area (Å²) in [6, 6.07) is 7.15. The van der Waals surface area contributed by atoms with Gasteiger partial charge < -0.3 is 10.1 Å². The molecule has 1 aromatic rings. The highest BCUT2D eigenvalue weighted by Gasteiger charge is 2.27. The molecule has 0 aromatic heterocycles. The van der Waals surface area contributed by atoms with Crippen LogP contribution in [0.5, 0.6) is 0 Å². The molecule has 1 N–H and O–H groups in total. The predicted molar refractivity (Wildman–Crippen MR) is 70.2 cm³/mol. The molecule has 0 radical (unpaired) electrons. The van der Waals surface area contributed by atoms with E-state index in [9.17, 15) is 9.59 Å². The molecule has 0 heterocycles. The minimum absolute atomic E-state index is 0.235. The molecule has 4 nitrogen and oxygen atoms in total. The molecule has 1 fully saturated rings. The lowest BCUT2D eigenvalue weighted by Crippen LogP contribution is -2.37. The van der Waals surface area contributed by atoms with E-state index in [2.05, 4.69) is 21.2 Å². The number of benzene rings is 1. The summed E-state index contributed by atoms with van der Waals surface area (Å²) in [7, 11) is 0. The van der Waals surface area contributed by atoms with Crippen LogP contribution in [0.25, 0.3) is 0 Å². The van der Waals surface area contributed by atoms with E-state index < -0.39 is 12.1 Å². The van der Waals surface area contributed by atoms with Crippen LogP contribution in [0.2, 0.25) is 0 Å². The summed E-state index contributed by atoms with van der Waals surface area (Å²) >= 11 is 3.28. The third-order valence-corrected chi connectivity index (χ3v) is 3.13. The first-order valence-corrected chi connectivity index (χ1v) is 6.62. The Labute approximate surface area is 114 Å². The minimum atomic E-state index is -0.767. The minimum Gasteiger partial charge on any atom is -0.449 e. The molecular formula is C13H14BrNO3. The van der Waals surface area contributed by atoms with Crippen molar-refractivity contribution in [1.82, 2.24) is 5.32 Å². The molecule has 1 amide bonds. The summed E-state index contributed by atoms with van der Waals surface area (Å²) in [5.41, 5.74) is 0.426. The lowest BCUT2D eigenvalue weighted by Gasteiger charge is -2.13. The Balaban J connectivity index is 1.91. The summed E-state index contributed by atoms with van der Waals surface area (Å²) < 4.78 is 5.91. The summed E-state index contributed by atoms with van der Waals surface area (Å²) in [4.78, 5) is 23.4. The second-order valence-electron chi connectivity index (χ2n) is 4.34. The largest absolute Gasteiger partial charge is 0.449 e. The van der Waals surface area contributed by atoms with Gasteiger partial charge in [0.1, 0.15) is 0 Å². The number of esters is 1. The lowest BCUT2D eigenvalue weighted by atomic mass is 10.2. The van der Waals surface area contributed by atoms with Crippen molar-refractivity contribution in [1.29, 1.82) is 0 Å². The van der Waals surface area contributed by atoms with Gasteiger partial charge in [-0.15, -0.1) is 0 Å². The number of hydrogen-bond donors (Lipinski definition) is 1. The maximum absolute atomic E-state index is 11.8. The smallest absolute Gasteiger partial charge is 0.338 e. The molecule has 96 valence electrons. The van der Waals surface area contributed by atoms with Crippen LogP contribution in [0, 0.1) is 0 Å². The second-order valence-corrected chi connectivity index (χ2v) is 5.26. The van der Waals surface area contributed by atoms with Gasteiger partial charge in [-0.25, -0.2) is 4.79 Å². The first-order valence-electron chi connectivity index (χ1n) is 5.83. The number of hydrogen-bond acceptors (Lipinski definition) is 3. The van der Waals surface area contributed by atoms with E-state index >= 15 is 0 Å². The van der Waals surface area contributed by atoms with Gasteiger partial charge in [0.15, 0.2) is 6.10 Å². The maximum Gasteiger partial charge on any atom is 0.338 e. The molecule has 1 atom stereocenters. The molecule has 0 saturated heterocycles. The fourth-order valence-electron chi connectivity index (χ4n) is 1.44. The summed E-state index contributed by atoms with van der Waals surface area (Å²) in [5.74, 6) is -0.726. The SMILES string of the molecule is C[C@@H](OC(=O)c1cccc(Br)c1)C(=O)NC1CC1. The molecule has 0 aliphatic heterocycles. The quantitative estimate of drug-likeness (QED) is 0.868. The molecule has 18 heavy (non-hydrogen) atoms. The van der Waals surface area contributed by atoms with Gasteiger partial charge in [-0.1, -0.05) is 22.0 Å². The third kappa shape index (κ3) is 3.57. The van der Waals surface area contributed by atoms with Gasteiger partial charge in [0.25, 0.3) is 5.91 Å². The van der Waals surface area contributed by atoms with Gasteiger partial charge in [0.2, 0.25) is 0 Å². The third-order valence-electron chi connectivity index (χ3n) is 2.64.